The van der Waals surface area contributed by atoms with Gasteiger partial charge in [-0.1, -0.05) is 18.2 Å². The molecular weight excluding hydrogens is 407 g/mol. The number of ether oxygens (including phenoxy) is 2. The highest BCUT2D eigenvalue weighted by Crippen LogP contribution is 2.23. The molecule has 0 unspecified atom stereocenters. The van der Waals surface area contributed by atoms with Crippen LogP contribution in [-0.2, 0) is 16.1 Å². The molecule has 2 aromatic rings. The summed E-state index contributed by atoms with van der Waals surface area (Å²) in [4.78, 5) is 24.3. The van der Waals surface area contributed by atoms with E-state index in [4.69, 9.17) is 9.47 Å². The van der Waals surface area contributed by atoms with Gasteiger partial charge in [-0.2, -0.15) is 0 Å². The Morgan fingerprint density at radius 3 is 2.45 bits per heavy atom. The summed E-state index contributed by atoms with van der Waals surface area (Å²) in [5, 5.41) is 25.7. The van der Waals surface area contributed by atoms with Crippen molar-refractivity contribution in [2.45, 2.75) is 37.4 Å². The van der Waals surface area contributed by atoms with E-state index in [1.54, 1.807) is 19.2 Å². The largest absolute Gasteiger partial charge is 0.497 e. The first-order valence-corrected chi connectivity index (χ1v) is 9.82. The lowest BCUT2D eigenvalue weighted by molar-refractivity contribution is -0.125. The van der Waals surface area contributed by atoms with Crippen molar-refractivity contribution in [3.05, 3.63) is 65.5 Å². The van der Waals surface area contributed by atoms with Crippen LogP contribution >= 0.6 is 0 Å². The van der Waals surface area contributed by atoms with Gasteiger partial charge in [-0.25, -0.2) is 4.39 Å². The minimum Gasteiger partial charge on any atom is -0.497 e. The first-order chi connectivity index (χ1) is 14.9. The lowest BCUT2D eigenvalue weighted by Crippen LogP contribution is -2.40. The molecule has 0 aromatic heterocycles. The van der Waals surface area contributed by atoms with Crippen LogP contribution in [0.2, 0.25) is 0 Å². The fourth-order valence-electron chi connectivity index (χ4n) is 3.29. The fourth-order valence-corrected chi connectivity index (χ4v) is 3.29. The van der Waals surface area contributed by atoms with Crippen LogP contribution in [0.15, 0.2) is 48.5 Å². The minimum atomic E-state index is -1.28. The normalized spacial score (nSPS) is 22.7. The van der Waals surface area contributed by atoms with Crippen molar-refractivity contribution in [3.8, 4) is 5.75 Å². The zero-order valence-electron chi connectivity index (χ0n) is 17.0. The molecule has 4 N–H and O–H groups in total. The lowest BCUT2D eigenvalue weighted by atomic mass is 10.1. The molecule has 1 heterocycles. The number of carbonyl (C=O) groups excluding carboxylic acids is 2. The van der Waals surface area contributed by atoms with Crippen LogP contribution in [0, 0.1) is 5.82 Å². The second kappa shape index (κ2) is 10.3. The number of benzene rings is 2. The molecule has 0 bridgehead atoms. The van der Waals surface area contributed by atoms with Gasteiger partial charge in [-0.15, -0.1) is 0 Å². The second-order valence-corrected chi connectivity index (χ2v) is 7.24. The Morgan fingerprint density at radius 2 is 1.77 bits per heavy atom. The van der Waals surface area contributed by atoms with E-state index >= 15 is 0 Å². The zero-order chi connectivity index (χ0) is 22.4. The topological polar surface area (TPSA) is 117 Å². The monoisotopic (exact) mass is 432 g/mol. The van der Waals surface area contributed by atoms with Gasteiger partial charge in [-0.05, 0) is 35.9 Å². The van der Waals surface area contributed by atoms with Gasteiger partial charge >= 0.3 is 0 Å². The SMILES string of the molecule is COc1ccc(CNC(=O)C[C@@H]2O[C@H](CNC(=O)c3cccc(F)c3)[C@@H](O)[C@H]2O)cc1. The molecule has 8 nitrogen and oxygen atoms in total. The highest BCUT2D eigenvalue weighted by Gasteiger charge is 2.43. The van der Waals surface area contributed by atoms with Crippen molar-refractivity contribution in [1.82, 2.24) is 10.6 Å². The average Bonchev–Trinajstić information content (AvgIpc) is 3.04. The third kappa shape index (κ3) is 6.00. The maximum atomic E-state index is 13.2. The quantitative estimate of drug-likeness (QED) is 0.489. The molecule has 31 heavy (non-hydrogen) atoms. The minimum absolute atomic E-state index is 0.0997. The number of aliphatic hydroxyl groups is 2. The maximum Gasteiger partial charge on any atom is 0.251 e. The number of hydrogen-bond acceptors (Lipinski definition) is 6. The van der Waals surface area contributed by atoms with E-state index < -0.39 is 36.1 Å². The molecule has 1 aliphatic rings. The number of carbonyl (C=O) groups is 2. The van der Waals surface area contributed by atoms with Crippen molar-refractivity contribution in [2.75, 3.05) is 13.7 Å². The molecule has 9 heteroatoms. The van der Waals surface area contributed by atoms with E-state index in [2.05, 4.69) is 10.6 Å². The van der Waals surface area contributed by atoms with Crippen LogP contribution in [-0.4, -0.2) is 60.1 Å². The van der Waals surface area contributed by atoms with Crippen molar-refractivity contribution in [1.29, 1.82) is 0 Å². The summed E-state index contributed by atoms with van der Waals surface area (Å²) < 4.78 is 23.9. The Bertz CT molecular complexity index is 907. The van der Waals surface area contributed by atoms with Gasteiger partial charge in [0.1, 0.15) is 29.9 Å². The first-order valence-electron chi connectivity index (χ1n) is 9.82. The molecule has 2 amide bonds. The molecule has 4 atom stereocenters. The molecule has 0 saturated carbocycles. The Kier molecular flexibility index (Phi) is 7.56. The third-order valence-electron chi connectivity index (χ3n) is 5.05. The average molecular weight is 432 g/mol. The first kappa shape index (κ1) is 22.7. The number of amides is 2. The Morgan fingerprint density at radius 1 is 1.06 bits per heavy atom. The van der Waals surface area contributed by atoms with Crippen LogP contribution < -0.4 is 15.4 Å². The summed E-state index contributed by atoms with van der Waals surface area (Å²) in [6.07, 6.45) is -4.51. The van der Waals surface area contributed by atoms with E-state index in [1.165, 1.54) is 18.2 Å². The number of halogens is 1. The molecule has 0 radical (unpaired) electrons. The second-order valence-electron chi connectivity index (χ2n) is 7.24. The molecule has 166 valence electrons. The van der Waals surface area contributed by atoms with Crippen LogP contribution in [0.3, 0.4) is 0 Å². The van der Waals surface area contributed by atoms with Crippen molar-refractivity contribution in [3.63, 3.8) is 0 Å². The summed E-state index contributed by atoms with van der Waals surface area (Å²) in [6, 6.07) is 12.4. The third-order valence-corrected chi connectivity index (χ3v) is 5.05. The molecule has 1 saturated heterocycles. The van der Waals surface area contributed by atoms with Gasteiger partial charge in [0, 0.05) is 18.7 Å². The maximum absolute atomic E-state index is 13.2. The molecule has 0 aliphatic carbocycles. The molecule has 3 rings (SSSR count). The van der Waals surface area contributed by atoms with Gasteiger partial charge in [0.25, 0.3) is 5.91 Å². The summed E-state index contributed by atoms with van der Waals surface area (Å²) in [7, 11) is 1.57. The summed E-state index contributed by atoms with van der Waals surface area (Å²) in [6.45, 7) is 0.193. The summed E-state index contributed by atoms with van der Waals surface area (Å²) >= 11 is 0. The highest BCUT2D eigenvalue weighted by atomic mass is 19.1. The van der Waals surface area contributed by atoms with Crippen LogP contribution in [0.25, 0.3) is 0 Å². The van der Waals surface area contributed by atoms with Crippen LogP contribution in [0.4, 0.5) is 4.39 Å². The predicted octanol–water partition coefficient (Wildman–Crippen LogP) is 0.760. The Hall–Kier alpha value is -3.01. The van der Waals surface area contributed by atoms with Crippen molar-refractivity contribution >= 4 is 11.8 Å². The summed E-state index contributed by atoms with van der Waals surface area (Å²) in [5.74, 6) is -0.718. The van der Waals surface area contributed by atoms with Gasteiger partial charge in [-0.3, -0.25) is 9.59 Å². The van der Waals surface area contributed by atoms with Crippen LogP contribution in [0.1, 0.15) is 22.3 Å². The van der Waals surface area contributed by atoms with E-state index in [0.717, 1.165) is 11.6 Å². The lowest BCUT2D eigenvalue weighted by Gasteiger charge is -2.15. The molecular formula is C22H25FN2O6. The van der Waals surface area contributed by atoms with Gasteiger partial charge in [0.15, 0.2) is 0 Å². The van der Waals surface area contributed by atoms with Gasteiger partial charge in [0.05, 0.1) is 19.6 Å². The number of aliphatic hydroxyl groups excluding tert-OH is 2. The fraction of sp³-hybridized carbons (Fsp3) is 0.364. The molecule has 2 aromatic carbocycles. The number of rotatable bonds is 8. The zero-order valence-corrected chi connectivity index (χ0v) is 17.0. The van der Waals surface area contributed by atoms with Gasteiger partial charge in [0.2, 0.25) is 5.91 Å². The van der Waals surface area contributed by atoms with Gasteiger partial charge < -0.3 is 30.3 Å². The summed E-state index contributed by atoms with van der Waals surface area (Å²) in [5.41, 5.74) is 1.00. The highest BCUT2D eigenvalue weighted by molar-refractivity contribution is 5.94. The Balaban J connectivity index is 1.46. The van der Waals surface area contributed by atoms with E-state index in [1.807, 2.05) is 12.1 Å². The van der Waals surface area contributed by atoms with Crippen molar-refractivity contribution in [2.24, 2.45) is 0 Å². The van der Waals surface area contributed by atoms with E-state index in [-0.39, 0.29) is 24.4 Å². The Labute approximate surface area is 179 Å². The predicted molar refractivity (Wildman–Crippen MR) is 109 cm³/mol. The van der Waals surface area contributed by atoms with E-state index in [9.17, 15) is 24.2 Å². The molecule has 1 fully saturated rings. The van der Waals surface area contributed by atoms with E-state index in [0.29, 0.717) is 12.3 Å². The molecule has 1 aliphatic heterocycles. The standard InChI is InChI=1S/C22H25FN2O6/c1-30-16-7-5-13(6-8-16)11-24-19(26)10-17-20(27)21(28)18(31-17)12-25-22(29)14-3-2-4-15(23)9-14/h2-9,17-18,20-21,27-28H,10-12H2,1H3,(H,24,26)(H,25,29)/t17-,18+,20-,21+/m0/s1. The van der Waals surface area contributed by atoms with Crippen LogP contribution in [0.5, 0.6) is 5.75 Å². The molecule has 0 spiro atoms. The van der Waals surface area contributed by atoms with Crippen molar-refractivity contribution < 1.29 is 33.7 Å². The smallest absolute Gasteiger partial charge is 0.251 e. The number of hydrogen-bond donors (Lipinski definition) is 4. The number of nitrogens with one attached hydrogen (secondary N) is 2. The number of methoxy groups -OCH3 is 1.